The number of hydrogen-bond donors (Lipinski definition) is 2. The Bertz CT molecular complexity index is 202. The Morgan fingerprint density at radius 3 is 1.93 bits per heavy atom. The van der Waals surface area contributed by atoms with Crippen molar-refractivity contribution >= 4 is 11.9 Å². The summed E-state index contributed by atoms with van der Waals surface area (Å²) in [6, 6.07) is 0. The summed E-state index contributed by atoms with van der Waals surface area (Å²) in [5.41, 5.74) is 0.452. The molecule has 0 unspecified atom stereocenters. The summed E-state index contributed by atoms with van der Waals surface area (Å²) >= 11 is 0. The van der Waals surface area contributed by atoms with Gasteiger partial charge in [0.15, 0.2) is 0 Å². The minimum absolute atomic E-state index is 0.452. The van der Waals surface area contributed by atoms with E-state index in [1.165, 1.54) is 0 Å². The summed E-state index contributed by atoms with van der Waals surface area (Å²) < 4.78 is 0. The van der Waals surface area contributed by atoms with E-state index >= 15 is 0 Å². The lowest BCUT2D eigenvalue weighted by atomic mass is 10.2. The minimum atomic E-state index is -0.833. The normalized spacial score (nSPS) is 10.1. The maximum Gasteiger partial charge on any atom is 0.330 e. The minimum Gasteiger partial charge on any atom is -0.481 e. The van der Waals surface area contributed by atoms with Crippen LogP contribution in [0.3, 0.4) is 0 Å². The average Bonchev–Trinajstić information content (AvgIpc) is 2.03. The monoisotopic (exact) mass is 202 g/mol. The summed E-state index contributed by atoms with van der Waals surface area (Å²) in [7, 11) is 0. The highest BCUT2D eigenvalue weighted by molar-refractivity contribution is 5.85. The van der Waals surface area contributed by atoms with Gasteiger partial charge in [0.25, 0.3) is 5.97 Å². The second-order valence-electron chi connectivity index (χ2n) is 2.85. The Labute approximate surface area is 84.3 Å². The molecule has 0 amide bonds. The topological polar surface area (TPSA) is 74.6 Å². The van der Waals surface area contributed by atoms with E-state index in [0.717, 1.165) is 26.2 Å². The van der Waals surface area contributed by atoms with Crippen molar-refractivity contribution in [1.82, 2.24) is 0 Å². The molecule has 0 radical (unpaired) electrons. The highest BCUT2D eigenvalue weighted by Gasteiger charge is 1.96. The number of hydrogen-bond acceptors (Lipinski definition) is 2. The van der Waals surface area contributed by atoms with Crippen molar-refractivity contribution < 1.29 is 19.8 Å². The van der Waals surface area contributed by atoms with Gasteiger partial charge >= 0.3 is 5.97 Å². The molecule has 0 heterocycles. The Hall–Kier alpha value is -1.32. The molecule has 0 aromatic carbocycles. The summed E-state index contributed by atoms with van der Waals surface area (Å²) in [5.74, 6) is -1.64. The van der Waals surface area contributed by atoms with Gasteiger partial charge < -0.3 is 10.2 Å². The van der Waals surface area contributed by atoms with Crippen molar-refractivity contribution in [3.63, 3.8) is 0 Å². The molecule has 14 heavy (non-hydrogen) atoms. The third-order valence-electron chi connectivity index (χ3n) is 1.35. The molecule has 0 rings (SSSR count). The first-order chi connectivity index (χ1) is 6.41. The van der Waals surface area contributed by atoms with Crippen LogP contribution in [0.1, 0.15) is 40.0 Å². The molecular weight excluding hydrogens is 184 g/mol. The van der Waals surface area contributed by atoms with E-state index in [1.54, 1.807) is 13.0 Å². The van der Waals surface area contributed by atoms with Gasteiger partial charge in [-0.15, -0.1) is 0 Å². The van der Waals surface area contributed by atoms with E-state index in [2.05, 4.69) is 6.92 Å². The van der Waals surface area contributed by atoms with Gasteiger partial charge in [-0.1, -0.05) is 25.8 Å². The predicted molar refractivity (Wildman–Crippen MR) is 54.2 cm³/mol. The van der Waals surface area contributed by atoms with Crippen LogP contribution in [0.25, 0.3) is 0 Å². The molecule has 82 valence electrons. The first-order valence-electron chi connectivity index (χ1n) is 4.51. The molecule has 0 bridgehead atoms. The number of allylic oxidation sites excluding steroid dienone is 1. The standard InChI is InChI=1S/C8H14O2.C2H4O2/c1-3-4-5-6-7(2)8(9)10;1-2(3)4/h6H,3-5H2,1-2H3,(H,9,10);1H3,(H,3,4). The van der Waals surface area contributed by atoms with Crippen molar-refractivity contribution in [2.45, 2.75) is 40.0 Å². The maximum atomic E-state index is 10.2. The average molecular weight is 202 g/mol. The fourth-order valence-corrected chi connectivity index (χ4v) is 0.610. The Balaban J connectivity index is 0. The highest BCUT2D eigenvalue weighted by atomic mass is 16.4. The van der Waals surface area contributed by atoms with Crippen LogP contribution in [0, 0.1) is 0 Å². The van der Waals surface area contributed by atoms with E-state index in [0.29, 0.717) is 5.57 Å². The molecule has 0 aliphatic rings. The van der Waals surface area contributed by atoms with Gasteiger partial charge in [-0.2, -0.15) is 0 Å². The van der Waals surface area contributed by atoms with Gasteiger partial charge in [0, 0.05) is 12.5 Å². The van der Waals surface area contributed by atoms with Gasteiger partial charge in [-0.25, -0.2) is 4.79 Å². The zero-order valence-corrected chi connectivity index (χ0v) is 8.91. The molecule has 0 fully saturated rings. The Morgan fingerprint density at radius 2 is 1.64 bits per heavy atom. The Kier molecular flexibility index (Phi) is 10.6. The van der Waals surface area contributed by atoms with E-state index in [4.69, 9.17) is 15.0 Å². The molecule has 0 atom stereocenters. The molecule has 0 aliphatic carbocycles. The summed E-state index contributed by atoms with van der Waals surface area (Å²) in [5, 5.41) is 15.8. The second-order valence-corrected chi connectivity index (χ2v) is 2.85. The molecule has 0 spiro atoms. The Morgan fingerprint density at radius 1 is 1.21 bits per heavy atom. The number of carboxylic acid groups (broad SMARTS) is 2. The van der Waals surface area contributed by atoms with Crippen LogP contribution in [0.2, 0.25) is 0 Å². The quantitative estimate of drug-likeness (QED) is 0.541. The van der Waals surface area contributed by atoms with Gasteiger partial charge in [0.2, 0.25) is 0 Å². The fourth-order valence-electron chi connectivity index (χ4n) is 0.610. The SMILES string of the molecule is CC(=O)O.CCCCC=C(C)C(=O)O. The maximum absolute atomic E-state index is 10.2. The summed E-state index contributed by atoms with van der Waals surface area (Å²) in [4.78, 5) is 19.2. The summed E-state index contributed by atoms with van der Waals surface area (Å²) in [6.45, 7) is 4.79. The number of unbranched alkanes of at least 4 members (excludes halogenated alkanes) is 2. The van der Waals surface area contributed by atoms with E-state index in [1.807, 2.05) is 0 Å². The molecule has 0 saturated carbocycles. The second kappa shape index (κ2) is 9.77. The largest absolute Gasteiger partial charge is 0.481 e. The van der Waals surface area contributed by atoms with Crippen LogP contribution in [0.4, 0.5) is 0 Å². The van der Waals surface area contributed by atoms with Crippen molar-refractivity contribution in [3.05, 3.63) is 11.6 Å². The van der Waals surface area contributed by atoms with E-state index in [-0.39, 0.29) is 0 Å². The number of carboxylic acids is 2. The zero-order valence-electron chi connectivity index (χ0n) is 8.91. The zero-order chi connectivity index (χ0) is 11.6. The lowest BCUT2D eigenvalue weighted by Gasteiger charge is -1.91. The molecule has 4 nitrogen and oxygen atoms in total. The fraction of sp³-hybridized carbons (Fsp3) is 0.600. The van der Waals surface area contributed by atoms with Crippen LogP contribution < -0.4 is 0 Å². The van der Waals surface area contributed by atoms with Crippen molar-refractivity contribution in [3.8, 4) is 0 Å². The molecule has 0 aromatic heterocycles. The first-order valence-corrected chi connectivity index (χ1v) is 4.51. The van der Waals surface area contributed by atoms with Crippen LogP contribution in [0.5, 0.6) is 0 Å². The smallest absolute Gasteiger partial charge is 0.330 e. The lowest BCUT2D eigenvalue weighted by Crippen LogP contribution is -1.95. The summed E-state index contributed by atoms with van der Waals surface area (Å²) in [6.07, 6.45) is 4.84. The molecule has 0 aromatic rings. The van der Waals surface area contributed by atoms with Gasteiger partial charge in [-0.3, -0.25) is 4.79 Å². The van der Waals surface area contributed by atoms with Crippen molar-refractivity contribution in [1.29, 1.82) is 0 Å². The van der Waals surface area contributed by atoms with Crippen molar-refractivity contribution in [2.75, 3.05) is 0 Å². The van der Waals surface area contributed by atoms with Crippen LogP contribution in [-0.2, 0) is 9.59 Å². The first kappa shape index (κ1) is 15.2. The van der Waals surface area contributed by atoms with Crippen LogP contribution in [0.15, 0.2) is 11.6 Å². The van der Waals surface area contributed by atoms with Gasteiger partial charge in [0.05, 0.1) is 0 Å². The van der Waals surface area contributed by atoms with Crippen molar-refractivity contribution in [2.24, 2.45) is 0 Å². The molecular formula is C10H18O4. The van der Waals surface area contributed by atoms with E-state index < -0.39 is 11.9 Å². The van der Waals surface area contributed by atoms with Crippen LogP contribution in [-0.4, -0.2) is 22.2 Å². The van der Waals surface area contributed by atoms with E-state index in [9.17, 15) is 4.79 Å². The molecule has 0 saturated heterocycles. The number of aliphatic carboxylic acids is 2. The van der Waals surface area contributed by atoms with Gasteiger partial charge in [0.1, 0.15) is 0 Å². The molecule has 2 N–H and O–H groups in total. The lowest BCUT2D eigenvalue weighted by molar-refractivity contribution is -0.134. The molecule has 0 aliphatic heterocycles. The number of rotatable bonds is 4. The third kappa shape index (κ3) is 17.0. The van der Waals surface area contributed by atoms with Gasteiger partial charge in [-0.05, 0) is 13.3 Å². The number of carbonyl (C=O) groups is 2. The molecule has 4 heteroatoms. The predicted octanol–water partition coefficient (Wildman–Crippen LogP) is 2.30. The van der Waals surface area contributed by atoms with Crippen LogP contribution >= 0.6 is 0 Å². The third-order valence-corrected chi connectivity index (χ3v) is 1.35. The highest BCUT2D eigenvalue weighted by Crippen LogP contribution is 2.00.